The summed E-state index contributed by atoms with van der Waals surface area (Å²) in [5.41, 5.74) is 0.718. The molecule has 0 amide bonds. The summed E-state index contributed by atoms with van der Waals surface area (Å²) in [6, 6.07) is 2.38. The van der Waals surface area contributed by atoms with Crippen molar-refractivity contribution in [1.82, 2.24) is 5.32 Å². The van der Waals surface area contributed by atoms with Crippen molar-refractivity contribution in [3.05, 3.63) is 47.0 Å². The molecular formula is C11H11F2N. The van der Waals surface area contributed by atoms with Gasteiger partial charge in [0.25, 0.3) is 0 Å². The molecule has 0 fully saturated rings. The van der Waals surface area contributed by atoms with Gasteiger partial charge in [0.05, 0.1) is 6.04 Å². The van der Waals surface area contributed by atoms with Gasteiger partial charge in [0, 0.05) is 12.1 Å². The molecular weight excluding hydrogens is 184 g/mol. The minimum atomic E-state index is -0.480. The van der Waals surface area contributed by atoms with Crippen LogP contribution in [-0.2, 0) is 0 Å². The van der Waals surface area contributed by atoms with Crippen LogP contribution in [0.3, 0.4) is 0 Å². The van der Waals surface area contributed by atoms with Gasteiger partial charge in [-0.2, -0.15) is 0 Å². The highest BCUT2D eigenvalue weighted by molar-refractivity contribution is 5.31. The van der Waals surface area contributed by atoms with E-state index >= 15 is 0 Å². The quantitative estimate of drug-likeness (QED) is 0.679. The summed E-state index contributed by atoms with van der Waals surface area (Å²) in [5.74, 6) is -0.960. The molecule has 1 N–H and O–H groups in total. The molecule has 0 radical (unpaired) electrons. The molecule has 1 aromatic carbocycles. The zero-order chi connectivity index (χ0) is 10.1. The first-order valence-electron chi connectivity index (χ1n) is 4.54. The molecule has 1 aliphatic heterocycles. The van der Waals surface area contributed by atoms with Crippen molar-refractivity contribution in [1.29, 1.82) is 0 Å². The fourth-order valence-electron chi connectivity index (χ4n) is 1.67. The van der Waals surface area contributed by atoms with E-state index in [1.165, 1.54) is 12.1 Å². The molecule has 2 rings (SSSR count). The fourth-order valence-corrected chi connectivity index (χ4v) is 1.67. The molecule has 14 heavy (non-hydrogen) atoms. The lowest BCUT2D eigenvalue weighted by Crippen LogP contribution is -2.16. The molecule has 0 spiro atoms. The summed E-state index contributed by atoms with van der Waals surface area (Å²) in [6.07, 6.45) is 3.64. The van der Waals surface area contributed by atoms with Gasteiger partial charge in [0.2, 0.25) is 0 Å². The van der Waals surface area contributed by atoms with Crippen molar-refractivity contribution in [3.63, 3.8) is 0 Å². The Morgan fingerprint density at radius 2 is 1.93 bits per heavy atom. The Kier molecular flexibility index (Phi) is 2.33. The van der Waals surface area contributed by atoms with Crippen molar-refractivity contribution in [2.24, 2.45) is 0 Å². The van der Waals surface area contributed by atoms with Crippen molar-refractivity contribution in [3.8, 4) is 0 Å². The molecule has 0 saturated carbocycles. The molecule has 3 heteroatoms. The van der Waals surface area contributed by atoms with Crippen LogP contribution in [0.5, 0.6) is 0 Å². The van der Waals surface area contributed by atoms with E-state index in [4.69, 9.17) is 0 Å². The molecule has 0 aromatic heterocycles. The van der Waals surface area contributed by atoms with E-state index in [0.717, 1.165) is 0 Å². The van der Waals surface area contributed by atoms with Gasteiger partial charge >= 0.3 is 0 Å². The van der Waals surface area contributed by atoms with Gasteiger partial charge < -0.3 is 5.32 Å². The number of rotatable bonds is 1. The van der Waals surface area contributed by atoms with Crippen LogP contribution in [-0.4, -0.2) is 6.54 Å². The maximum absolute atomic E-state index is 13.4. The van der Waals surface area contributed by atoms with Gasteiger partial charge in [-0.05, 0) is 24.6 Å². The van der Waals surface area contributed by atoms with Crippen molar-refractivity contribution < 1.29 is 8.78 Å². The Hall–Kier alpha value is -1.22. The summed E-state index contributed by atoms with van der Waals surface area (Å²) in [4.78, 5) is 0. The number of halogens is 2. The average molecular weight is 195 g/mol. The molecule has 0 aliphatic carbocycles. The molecule has 1 unspecified atom stereocenters. The molecule has 1 nitrogen and oxygen atoms in total. The van der Waals surface area contributed by atoms with E-state index in [0.29, 0.717) is 12.1 Å². The Morgan fingerprint density at radius 3 is 2.43 bits per heavy atom. The molecule has 74 valence electrons. The summed E-state index contributed by atoms with van der Waals surface area (Å²) in [7, 11) is 0. The summed E-state index contributed by atoms with van der Waals surface area (Å²) >= 11 is 0. The second-order valence-electron chi connectivity index (χ2n) is 3.46. The predicted octanol–water partition coefficient (Wildman–Crippen LogP) is 2.47. The van der Waals surface area contributed by atoms with E-state index < -0.39 is 11.6 Å². The van der Waals surface area contributed by atoms with Gasteiger partial charge in [0.1, 0.15) is 11.6 Å². The summed E-state index contributed by atoms with van der Waals surface area (Å²) < 4.78 is 26.9. The highest BCUT2D eigenvalue weighted by Gasteiger charge is 2.19. The van der Waals surface area contributed by atoms with Crippen LogP contribution in [0.15, 0.2) is 24.3 Å². The number of aryl methyl sites for hydroxylation is 1. The number of nitrogens with one attached hydrogen (secondary N) is 1. The Bertz CT molecular complexity index is 362. The van der Waals surface area contributed by atoms with Crippen LogP contribution in [0.25, 0.3) is 0 Å². The topological polar surface area (TPSA) is 12.0 Å². The molecule has 0 saturated heterocycles. The van der Waals surface area contributed by atoms with Crippen LogP contribution in [0.1, 0.15) is 17.2 Å². The monoisotopic (exact) mass is 195 g/mol. The van der Waals surface area contributed by atoms with Gasteiger partial charge in [0.15, 0.2) is 0 Å². The Labute approximate surface area is 81.4 Å². The van der Waals surface area contributed by atoms with Crippen molar-refractivity contribution in [2.75, 3.05) is 6.54 Å². The SMILES string of the molecule is Cc1cc(F)c(C2C=CCN2)c(F)c1. The van der Waals surface area contributed by atoms with Crippen LogP contribution in [0.2, 0.25) is 0 Å². The van der Waals surface area contributed by atoms with Gasteiger partial charge in [-0.3, -0.25) is 0 Å². The maximum atomic E-state index is 13.4. The third kappa shape index (κ3) is 1.55. The van der Waals surface area contributed by atoms with E-state index in [1.54, 1.807) is 13.0 Å². The first kappa shape index (κ1) is 9.34. The van der Waals surface area contributed by atoms with Gasteiger partial charge in [-0.1, -0.05) is 12.2 Å². The molecule has 1 atom stereocenters. The minimum absolute atomic E-state index is 0.115. The minimum Gasteiger partial charge on any atom is -0.303 e. The molecule has 0 bridgehead atoms. The lowest BCUT2D eigenvalue weighted by atomic mass is 10.0. The first-order chi connectivity index (χ1) is 6.68. The van der Waals surface area contributed by atoms with E-state index in [1.807, 2.05) is 6.08 Å². The normalized spacial score (nSPS) is 20.4. The number of hydrogen-bond acceptors (Lipinski definition) is 1. The largest absolute Gasteiger partial charge is 0.303 e. The lowest BCUT2D eigenvalue weighted by molar-refractivity contribution is 0.527. The first-order valence-corrected chi connectivity index (χ1v) is 4.54. The maximum Gasteiger partial charge on any atom is 0.131 e. The highest BCUT2D eigenvalue weighted by atomic mass is 19.1. The smallest absolute Gasteiger partial charge is 0.131 e. The van der Waals surface area contributed by atoms with E-state index in [9.17, 15) is 8.78 Å². The van der Waals surface area contributed by atoms with Crippen LogP contribution in [0, 0.1) is 18.6 Å². The molecule has 1 heterocycles. The zero-order valence-corrected chi connectivity index (χ0v) is 7.85. The number of benzene rings is 1. The fraction of sp³-hybridized carbons (Fsp3) is 0.273. The van der Waals surface area contributed by atoms with Gasteiger partial charge in [-0.15, -0.1) is 0 Å². The standard InChI is InChI=1S/C11H11F2N/c1-7-5-8(12)11(9(13)6-7)10-3-2-4-14-10/h2-3,5-6,10,14H,4H2,1H3. The third-order valence-electron chi connectivity index (χ3n) is 2.32. The second kappa shape index (κ2) is 3.50. The second-order valence-corrected chi connectivity index (χ2v) is 3.46. The third-order valence-corrected chi connectivity index (χ3v) is 2.32. The summed E-state index contributed by atoms with van der Waals surface area (Å²) in [5, 5.41) is 2.98. The van der Waals surface area contributed by atoms with Crippen LogP contribution < -0.4 is 5.32 Å². The highest BCUT2D eigenvalue weighted by Crippen LogP contribution is 2.24. The van der Waals surface area contributed by atoms with Gasteiger partial charge in [-0.25, -0.2) is 8.78 Å². The van der Waals surface area contributed by atoms with E-state index in [-0.39, 0.29) is 11.6 Å². The van der Waals surface area contributed by atoms with Crippen LogP contribution in [0.4, 0.5) is 8.78 Å². The predicted molar refractivity (Wildman–Crippen MR) is 51.0 cm³/mol. The zero-order valence-electron chi connectivity index (χ0n) is 7.85. The van der Waals surface area contributed by atoms with Crippen LogP contribution >= 0.6 is 0 Å². The molecule has 1 aromatic rings. The Morgan fingerprint density at radius 1 is 1.29 bits per heavy atom. The van der Waals surface area contributed by atoms with E-state index in [2.05, 4.69) is 5.32 Å². The van der Waals surface area contributed by atoms with Crippen molar-refractivity contribution in [2.45, 2.75) is 13.0 Å². The molecule has 1 aliphatic rings. The van der Waals surface area contributed by atoms with Crippen molar-refractivity contribution >= 4 is 0 Å². The number of hydrogen-bond donors (Lipinski definition) is 1. The average Bonchev–Trinajstić information content (AvgIpc) is 2.54. The lowest BCUT2D eigenvalue weighted by Gasteiger charge is -2.12. The summed E-state index contributed by atoms with van der Waals surface area (Å²) in [6.45, 7) is 2.34. The Balaban J connectivity index is 2.46.